The van der Waals surface area contributed by atoms with Crippen molar-refractivity contribution < 1.29 is 18.0 Å². The Bertz CT molecular complexity index is 1120. The molecule has 1 aliphatic heterocycles. The fourth-order valence-corrected chi connectivity index (χ4v) is 5.43. The third kappa shape index (κ3) is 3.80. The minimum Gasteiger partial charge on any atom is -0.363 e. The number of halogens is 3. The molecule has 2 bridgehead atoms. The van der Waals surface area contributed by atoms with E-state index in [4.69, 9.17) is 0 Å². The number of H-pyrrole nitrogens is 1. The Kier molecular flexibility index (Phi) is 4.87. The largest absolute Gasteiger partial charge is 0.421 e. The van der Waals surface area contributed by atoms with Gasteiger partial charge in [-0.3, -0.25) is 9.59 Å². The van der Waals surface area contributed by atoms with Crippen LogP contribution in [0.4, 0.5) is 24.9 Å². The first kappa shape index (κ1) is 21.7. The molecule has 3 heterocycles. The van der Waals surface area contributed by atoms with Gasteiger partial charge < -0.3 is 15.1 Å². The van der Waals surface area contributed by atoms with Crippen LogP contribution in [0.15, 0.2) is 23.3 Å². The van der Waals surface area contributed by atoms with Gasteiger partial charge in [0, 0.05) is 50.2 Å². The summed E-state index contributed by atoms with van der Waals surface area (Å²) in [5, 5.41) is 8.70. The number of nitrogens with zero attached hydrogens (tertiary/aromatic N) is 5. The fraction of sp³-hybridized carbons (Fsp3) is 0.571. The zero-order valence-corrected chi connectivity index (χ0v) is 18.1. The van der Waals surface area contributed by atoms with Gasteiger partial charge in [0.2, 0.25) is 11.9 Å². The lowest BCUT2D eigenvalue weighted by Crippen LogP contribution is -2.59. The second-order valence-electron chi connectivity index (χ2n) is 9.37. The van der Waals surface area contributed by atoms with Crippen molar-refractivity contribution in [3.05, 3.63) is 39.9 Å². The van der Waals surface area contributed by atoms with E-state index < -0.39 is 28.3 Å². The maximum absolute atomic E-state index is 13.3. The lowest BCUT2D eigenvalue weighted by molar-refractivity contribution is -0.147. The van der Waals surface area contributed by atoms with Gasteiger partial charge in [0.25, 0.3) is 5.56 Å². The smallest absolute Gasteiger partial charge is 0.363 e. The van der Waals surface area contributed by atoms with Crippen LogP contribution in [0.3, 0.4) is 0 Å². The van der Waals surface area contributed by atoms with Crippen LogP contribution in [0.5, 0.6) is 0 Å². The molecule has 0 atom stereocenters. The van der Waals surface area contributed by atoms with Crippen molar-refractivity contribution in [1.29, 1.82) is 0 Å². The Hall–Kier alpha value is -3.18. The molecule has 0 aromatic carbocycles. The van der Waals surface area contributed by atoms with Crippen molar-refractivity contribution >= 4 is 17.7 Å². The summed E-state index contributed by atoms with van der Waals surface area (Å²) >= 11 is 0. The molecule has 0 spiro atoms. The number of alkyl halides is 3. The maximum atomic E-state index is 13.3. The molecule has 2 aromatic rings. The number of anilines is 2. The van der Waals surface area contributed by atoms with Crippen LogP contribution in [-0.2, 0) is 11.0 Å². The van der Waals surface area contributed by atoms with Gasteiger partial charge >= 0.3 is 6.18 Å². The molecule has 0 radical (unpaired) electrons. The molecular weight excluding hydrogens is 439 g/mol. The zero-order valence-electron chi connectivity index (χ0n) is 18.1. The van der Waals surface area contributed by atoms with Gasteiger partial charge in [0.15, 0.2) is 0 Å². The average molecular weight is 463 g/mol. The van der Waals surface area contributed by atoms with Crippen LogP contribution in [0.1, 0.15) is 36.8 Å². The standard InChI is InChI=1S/C21H24F3N7O2/c1-13-9-25-18(26-10-13)31-6-4-30(5-7-31)17(33)19-2-3-20(11-19,12-19)27-15-8-14(21(22,23)24)16(32)29-28-15/h8-10H,2-7,11-12H2,1H3,(H,27,28)(H,29,32). The normalized spacial score (nSPS) is 26.8. The quantitative estimate of drug-likeness (QED) is 0.714. The van der Waals surface area contributed by atoms with Gasteiger partial charge in [-0.15, -0.1) is 0 Å². The zero-order chi connectivity index (χ0) is 23.4. The van der Waals surface area contributed by atoms with Gasteiger partial charge in [0.05, 0.1) is 5.41 Å². The molecule has 2 aromatic heterocycles. The fourth-order valence-electron chi connectivity index (χ4n) is 5.43. The Morgan fingerprint density at radius 3 is 2.42 bits per heavy atom. The molecular formula is C21H24F3N7O2. The van der Waals surface area contributed by atoms with Gasteiger partial charge in [-0.25, -0.2) is 15.1 Å². The average Bonchev–Trinajstić information content (AvgIpc) is 3.31. The molecule has 3 aliphatic carbocycles. The van der Waals surface area contributed by atoms with Crippen molar-refractivity contribution in [1.82, 2.24) is 25.1 Å². The van der Waals surface area contributed by atoms with Gasteiger partial charge in [-0.2, -0.15) is 18.3 Å². The number of nitrogens with one attached hydrogen (secondary N) is 2. The maximum Gasteiger partial charge on any atom is 0.421 e. The van der Waals surface area contributed by atoms with E-state index >= 15 is 0 Å². The van der Waals surface area contributed by atoms with Crippen molar-refractivity contribution in [2.45, 2.75) is 44.3 Å². The van der Waals surface area contributed by atoms with Gasteiger partial charge in [0.1, 0.15) is 11.4 Å². The Morgan fingerprint density at radius 2 is 1.79 bits per heavy atom. The molecule has 1 saturated heterocycles. The predicted octanol–water partition coefficient (Wildman–Crippen LogP) is 1.96. The first-order valence-corrected chi connectivity index (χ1v) is 10.9. The molecule has 4 fully saturated rings. The van der Waals surface area contributed by atoms with Crippen LogP contribution in [0.25, 0.3) is 0 Å². The Balaban J connectivity index is 1.21. The number of aryl methyl sites for hydroxylation is 1. The molecule has 1 amide bonds. The highest BCUT2D eigenvalue weighted by molar-refractivity contribution is 5.86. The summed E-state index contributed by atoms with van der Waals surface area (Å²) in [6.45, 7) is 4.38. The first-order chi connectivity index (χ1) is 15.6. The van der Waals surface area contributed by atoms with Crippen LogP contribution in [0, 0.1) is 12.3 Å². The highest BCUT2D eigenvalue weighted by Gasteiger charge is 2.65. The lowest BCUT2D eigenvalue weighted by Gasteiger charge is -2.49. The second-order valence-corrected chi connectivity index (χ2v) is 9.37. The van der Waals surface area contributed by atoms with E-state index in [1.165, 1.54) is 0 Å². The Labute approximate surface area is 187 Å². The van der Waals surface area contributed by atoms with Crippen LogP contribution >= 0.6 is 0 Å². The molecule has 2 N–H and O–H groups in total. The van der Waals surface area contributed by atoms with E-state index in [2.05, 4.69) is 25.3 Å². The molecule has 33 heavy (non-hydrogen) atoms. The Morgan fingerprint density at radius 1 is 1.12 bits per heavy atom. The molecule has 4 aliphatic rings. The highest BCUT2D eigenvalue weighted by atomic mass is 19.4. The summed E-state index contributed by atoms with van der Waals surface area (Å²) < 4.78 is 39.1. The van der Waals surface area contributed by atoms with Crippen LogP contribution in [0.2, 0.25) is 0 Å². The number of piperazine rings is 1. The van der Waals surface area contributed by atoms with E-state index in [0.29, 0.717) is 57.8 Å². The number of hydrogen-bond donors (Lipinski definition) is 2. The summed E-state index contributed by atoms with van der Waals surface area (Å²) in [6.07, 6.45) is 1.21. The topological polar surface area (TPSA) is 107 Å². The third-order valence-electron chi connectivity index (χ3n) is 7.01. The first-order valence-electron chi connectivity index (χ1n) is 10.9. The molecule has 3 saturated carbocycles. The number of aromatic amines is 1. The van der Waals surface area contributed by atoms with Crippen molar-refractivity contribution in [2.75, 3.05) is 36.4 Å². The minimum absolute atomic E-state index is 0.0309. The van der Waals surface area contributed by atoms with Gasteiger partial charge in [-0.1, -0.05) is 0 Å². The van der Waals surface area contributed by atoms with Crippen molar-refractivity contribution in [2.24, 2.45) is 5.41 Å². The number of fused-ring (bicyclic) bond motifs is 1. The monoisotopic (exact) mass is 463 g/mol. The van der Waals surface area contributed by atoms with E-state index in [0.717, 1.165) is 11.6 Å². The minimum atomic E-state index is -4.76. The summed E-state index contributed by atoms with van der Waals surface area (Å²) in [5.74, 6) is 0.731. The molecule has 0 unspecified atom stereocenters. The van der Waals surface area contributed by atoms with E-state index in [-0.39, 0.29) is 11.7 Å². The number of carbonyl (C=O) groups excluding carboxylic acids is 1. The van der Waals surface area contributed by atoms with Crippen LogP contribution in [-0.4, -0.2) is 62.7 Å². The molecule has 9 nitrogen and oxygen atoms in total. The summed E-state index contributed by atoms with van der Waals surface area (Å²) in [4.78, 5) is 37.4. The predicted molar refractivity (Wildman–Crippen MR) is 113 cm³/mol. The number of amides is 1. The summed E-state index contributed by atoms with van der Waals surface area (Å²) in [7, 11) is 0. The van der Waals surface area contributed by atoms with Crippen molar-refractivity contribution in [3.8, 4) is 0 Å². The third-order valence-corrected chi connectivity index (χ3v) is 7.01. The number of hydrogen-bond acceptors (Lipinski definition) is 7. The number of aromatic nitrogens is 4. The number of carbonyl (C=O) groups is 1. The second kappa shape index (κ2) is 7.42. The van der Waals surface area contributed by atoms with Crippen LogP contribution < -0.4 is 15.8 Å². The lowest BCUT2D eigenvalue weighted by atomic mass is 9.64. The number of rotatable bonds is 4. The molecule has 176 valence electrons. The van der Waals surface area contributed by atoms with Gasteiger partial charge in [-0.05, 0) is 38.2 Å². The SMILES string of the molecule is Cc1cnc(N2CCN(C(=O)C34CCC(Nc5cc(C(F)(F)F)c(=O)[nH]n5)(C3)C4)CC2)nc1. The summed E-state index contributed by atoms with van der Waals surface area (Å²) in [6, 6.07) is 0.736. The van der Waals surface area contributed by atoms with E-state index in [9.17, 15) is 22.8 Å². The molecule has 6 rings (SSSR count). The summed E-state index contributed by atoms with van der Waals surface area (Å²) in [5.41, 5.74) is -2.52. The molecule has 12 heteroatoms. The highest BCUT2D eigenvalue weighted by Crippen LogP contribution is 2.63. The van der Waals surface area contributed by atoms with E-state index in [1.54, 1.807) is 12.4 Å². The van der Waals surface area contributed by atoms with Crippen molar-refractivity contribution in [3.63, 3.8) is 0 Å². The van der Waals surface area contributed by atoms with E-state index in [1.807, 2.05) is 16.9 Å².